The molecule has 0 aliphatic heterocycles. The molecule has 0 radical (unpaired) electrons. The summed E-state index contributed by atoms with van der Waals surface area (Å²) < 4.78 is 16.7. The van der Waals surface area contributed by atoms with E-state index in [0.717, 1.165) is 83.5 Å². The lowest BCUT2D eigenvalue weighted by atomic mass is 10.0. The molecule has 0 aromatic rings. The predicted octanol–water partition coefficient (Wildman–Crippen LogP) is 18.6. The fourth-order valence-electron chi connectivity index (χ4n) is 7.81. The average Bonchev–Trinajstić information content (AvgIpc) is 3.31. The van der Waals surface area contributed by atoms with Gasteiger partial charge in [0, 0.05) is 12.8 Å². The average molecular weight is 921 g/mol. The van der Waals surface area contributed by atoms with Gasteiger partial charge in [-0.1, -0.05) is 254 Å². The van der Waals surface area contributed by atoms with E-state index in [0.29, 0.717) is 12.8 Å². The first-order valence-corrected chi connectivity index (χ1v) is 27.9. The molecule has 0 aliphatic carbocycles. The van der Waals surface area contributed by atoms with Crippen molar-refractivity contribution in [3.05, 3.63) is 72.9 Å². The third kappa shape index (κ3) is 51.8. The SMILES string of the molecule is CC/C=C\C/C=C\C/C=C\C/C=C\C/C=C\CC(=O)OC(COC(=O)CCCCCCC/C=C\CCCCCCCC)COC(=O)CCCCCCCCCCCCCCCCCCCC. The Morgan fingerprint density at radius 2 is 0.636 bits per heavy atom. The standard InChI is InChI=1S/C60H104O6/c1-4-7-10-13-16-19-22-25-28-29-30-33-35-38-41-44-47-50-53-59(62)65-56-57(66-60(63)54-51-48-45-42-39-36-32-27-24-21-18-15-12-9-6-3)55-64-58(61)52-49-46-43-40-37-34-31-26-23-20-17-14-11-8-5-2/h9,12,18,21,26-27,31-32,39,42,48,51,57H,4-8,10-11,13-17,19-20,22-25,28-30,33-38,40-41,43-47,49-50,52-56H2,1-3H3/b12-9-,21-18-,31-26-,32-27-,42-39-,51-48-. The summed E-state index contributed by atoms with van der Waals surface area (Å²) in [7, 11) is 0. The lowest BCUT2D eigenvalue weighted by molar-refractivity contribution is -0.166. The number of allylic oxidation sites excluding steroid dienone is 11. The third-order valence-electron chi connectivity index (χ3n) is 12.0. The molecule has 66 heavy (non-hydrogen) atoms. The Balaban J connectivity index is 4.46. The maximum absolute atomic E-state index is 12.8. The Morgan fingerprint density at radius 3 is 0.985 bits per heavy atom. The van der Waals surface area contributed by atoms with E-state index in [9.17, 15) is 14.4 Å². The van der Waals surface area contributed by atoms with Gasteiger partial charge in [0.2, 0.25) is 0 Å². The molecule has 1 atom stereocenters. The number of ether oxygens (including phenoxy) is 3. The van der Waals surface area contributed by atoms with Crippen LogP contribution in [-0.2, 0) is 28.6 Å². The number of esters is 3. The van der Waals surface area contributed by atoms with Crippen molar-refractivity contribution in [3.63, 3.8) is 0 Å². The van der Waals surface area contributed by atoms with Crippen LogP contribution in [-0.4, -0.2) is 37.2 Å². The van der Waals surface area contributed by atoms with Crippen LogP contribution in [0, 0.1) is 0 Å². The Labute approximate surface area is 408 Å². The number of hydrogen-bond acceptors (Lipinski definition) is 6. The van der Waals surface area contributed by atoms with Gasteiger partial charge < -0.3 is 14.2 Å². The van der Waals surface area contributed by atoms with Gasteiger partial charge in [-0.05, 0) is 70.6 Å². The van der Waals surface area contributed by atoms with Gasteiger partial charge in [-0.25, -0.2) is 0 Å². The van der Waals surface area contributed by atoms with Crippen molar-refractivity contribution < 1.29 is 28.6 Å². The van der Waals surface area contributed by atoms with Crippen LogP contribution in [0.3, 0.4) is 0 Å². The van der Waals surface area contributed by atoms with Gasteiger partial charge in [-0.2, -0.15) is 0 Å². The monoisotopic (exact) mass is 921 g/mol. The van der Waals surface area contributed by atoms with E-state index in [1.54, 1.807) is 6.08 Å². The number of carbonyl (C=O) groups excluding carboxylic acids is 3. The molecular weight excluding hydrogens is 817 g/mol. The van der Waals surface area contributed by atoms with E-state index < -0.39 is 12.1 Å². The van der Waals surface area contributed by atoms with Gasteiger partial charge in [0.15, 0.2) is 6.10 Å². The molecule has 0 spiro atoms. The molecule has 6 nitrogen and oxygen atoms in total. The van der Waals surface area contributed by atoms with Gasteiger partial charge in [0.05, 0.1) is 6.42 Å². The number of hydrogen-bond donors (Lipinski definition) is 0. The molecule has 0 N–H and O–H groups in total. The van der Waals surface area contributed by atoms with E-state index in [2.05, 4.69) is 81.5 Å². The lowest BCUT2D eigenvalue weighted by Gasteiger charge is -2.18. The van der Waals surface area contributed by atoms with Crippen molar-refractivity contribution in [1.82, 2.24) is 0 Å². The van der Waals surface area contributed by atoms with Crippen LogP contribution in [0.1, 0.15) is 271 Å². The fraction of sp³-hybridized carbons (Fsp3) is 0.750. The lowest BCUT2D eigenvalue weighted by Crippen LogP contribution is -2.30. The molecule has 0 fully saturated rings. The highest BCUT2D eigenvalue weighted by Gasteiger charge is 2.19. The molecule has 0 amide bonds. The molecule has 0 bridgehead atoms. The van der Waals surface area contributed by atoms with Crippen molar-refractivity contribution in [2.75, 3.05) is 13.2 Å². The minimum Gasteiger partial charge on any atom is -0.462 e. The van der Waals surface area contributed by atoms with Crippen LogP contribution < -0.4 is 0 Å². The van der Waals surface area contributed by atoms with Crippen molar-refractivity contribution >= 4 is 17.9 Å². The highest BCUT2D eigenvalue weighted by molar-refractivity contribution is 5.72. The van der Waals surface area contributed by atoms with Crippen molar-refractivity contribution in [2.24, 2.45) is 0 Å². The highest BCUT2D eigenvalue weighted by atomic mass is 16.6. The molecule has 0 aromatic heterocycles. The van der Waals surface area contributed by atoms with Crippen LogP contribution in [0.15, 0.2) is 72.9 Å². The van der Waals surface area contributed by atoms with Crippen molar-refractivity contribution in [1.29, 1.82) is 0 Å². The summed E-state index contributed by atoms with van der Waals surface area (Å²) >= 11 is 0. The van der Waals surface area contributed by atoms with E-state index >= 15 is 0 Å². The second-order valence-corrected chi connectivity index (χ2v) is 18.5. The molecule has 0 saturated heterocycles. The Hall–Kier alpha value is -3.15. The minimum atomic E-state index is -0.831. The molecule has 0 aliphatic rings. The quantitative estimate of drug-likeness (QED) is 0.0262. The number of unbranched alkanes of at least 4 members (excludes halogenated alkanes) is 28. The first kappa shape index (κ1) is 62.8. The van der Waals surface area contributed by atoms with Crippen LogP contribution in [0.4, 0.5) is 0 Å². The van der Waals surface area contributed by atoms with Crippen LogP contribution >= 0.6 is 0 Å². The zero-order valence-electron chi connectivity index (χ0n) is 43.4. The van der Waals surface area contributed by atoms with Gasteiger partial charge >= 0.3 is 17.9 Å². The summed E-state index contributed by atoms with van der Waals surface area (Å²) in [6.07, 6.45) is 69.2. The fourth-order valence-corrected chi connectivity index (χ4v) is 7.81. The zero-order valence-corrected chi connectivity index (χ0v) is 43.4. The Kier molecular flexibility index (Phi) is 51.9. The van der Waals surface area contributed by atoms with Crippen molar-refractivity contribution in [2.45, 2.75) is 277 Å². The van der Waals surface area contributed by atoms with Crippen LogP contribution in [0.25, 0.3) is 0 Å². The molecule has 0 rings (SSSR count). The molecule has 1 unspecified atom stereocenters. The maximum Gasteiger partial charge on any atom is 0.310 e. The molecule has 0 saturated carbocycles. The molecule has 6 heteroatoms. The third-order valence-corrected chi connectivity index (χ3v) is 12.0. The first-order valence-electron chi connectivity index (χ1n) is 27.9. The van der Waals surface area contributed by atoms with Gasteiger partial charge in [0.1, 0.15) is 13.2 Å². The summed E-state index contributed by atoms with van der Waals surface area (Å²) in [6, 6.07) is 0. The van der Waals surface area contributed by atoms with E-state index in [-0.39, 0.29) is 31.6 Å². The smallest absolute Gasteiger partial charge is 0.310 e. The highest BCUT2D eigenvalue weighted by Crippen LogP contribution is 2.16. The maximum atomic E-state index is 12.8. The van der Waals surface area contributed by atoms with Crippen LogP contribution in [0.2, 0.25) is 0 Å². The van der Waals surface area contributed by atoms with E-state index in [1.807, 2.05) is 6.08 Å². The largest absolute Gasteiger partial charge is 0.462 e. The second kappa shape index (κ2) is 54.5. The summed E-state index contributed by atoms with van der Waals surface area (Å²) in [5.74, 6) is -1.05. The summed E-state index contributed by atoms with van der Waals surface area (Å²) in [6.45, 7) is 6.45. The Bertz CT molecular complexity index is 1240. The van der Waals surface area contributed by atoms with E-state index in [4.69, 9.17) is 14.2 Å². The Morgan fingerprint density at radius 1 is 0.333 bits per heavy atom. The molecular formula is C60H104O6. The summed E-state index contributed by atoms with van der Waals surface area (Å²) in [4.78, 5) is 38.0. The summed E-state index contributed by atoms with van der Waals surface area (Å²) in [5, 5.41) is 0. The zero-order chi connectivity index (χ0) is 47.9. The predicted molar refractivity (Wildman–Crippen MR) is 284 cm³/mol. The van der Waals surface area contributed by atoms with E-state index in [1.165, 1.54) is 148 Å². The van der Waals surface area contributed by atoms with Crippen LogP contribution in [0.5, 0.6) is 0 Å². The molecule has 0 aromatic carbocycles. The molecule has 0 heterocycles. The first-order chi connectivity index (χ1) is 32.5. The topological polar surface area (TPSA) is 78.9 Å². The van der Waals surface area contributed by atoms with Gasteiger partial charge in [0.25, 0.3) is 0 Å². The molecule has 380 valence electrons. The number of carbonyl (C=O) groups is 3. The van der Waals surface area contributed by atoms with Crippen molar-refractivity contribution in [3.8, 4) is 0 Å². The minimum absolute atomic E-state index is 0.0974. The summed E-state index contributed by atoms with van der Waals surface area (Å²) in [5.41, 5.74) is 0. The normalized spacial score (nSPS) is 12.6. The van der Waals surface area contributed by atoms with Gasteiger partial charge in [-0.3, -0.25) is 14.4 Å². The van der Waals surface area contributed by atoms with Gasteiger partial charge in [-0.15, -0.1) is 0 Å². The number of rotatable bonds is 50. The second-order valence-electron chi connectivity index (χ2n) is 18.5.